The Labute approximate surface area is 66.8 Å². The average Bonchev–Trinajstić information content (AvgIpc) is 2.27. The Morgan fingerprint density at radius 1 is 1.55 bits per heavy atom. The summed E-state index contributed by atoms with van der Waals surface area (Å²) < 4.78 is 0. The van der Waals surface area contributed by atoms with E-state index in [9.17, 15) is 4.79 Å². The van der Waals surface area contributed by atoms with Gasteiger partial charge in [0.2, 0.25) is 5.91 Å². The molecule has 0 bridgehead atoms. The van der Waals surface area contributed by atoms with E-state index in [4.69, 9.17) is 0 Å². The molecule has 0 aromatic rings. The maximum absolute atomic E-state index is 11.1. The van der Waals surface area contributed by atoms with E-state index in [0.717, 1.165) is 19.1 Å². The molecular weight excluding hydrogens is 140 g/mol. The minimum absolute atomic E-state index is 0.275. The maximum Gasteiger partial charge on any atom is 0.237 e. The Kier molecular flexibility index (Phi) is 1.82. The minimum Gasteiger partial charge on any atom is -0.329 e. The summed E-state index contributed by atoms with van der Waals surface area (Å²) >= 11 is 0. The second-order valence-electron chi connectivity index (χ2n) is 3.50. The smallest absolute Gasteiger partial charge is 0.237 e. The second kappa shape index (κ2) is 2.81. The van der Waals surface area contributed by atoms with Gasteiger partial charge in [-0.15, -0.1) is 0 Å². The number of hydrogen-bond acceptors (Lipinski definition) is 2. The third-order valence-corrected chi connectivity index (χ3v) is 2.63. The highest BCUT2D eigenvalue weighted by atomic mass is 16.2. The topological polar surface area (TPSA) is 32.3 Å². The monoisotopic (exact) mass is 154 g/mol. The molecule has 2 aliphatic rings. The summed E-state index contributed by atoms with van der Waals surface area (Å²) in [5.41, 5.74) is 0. The lowest BCUT2D eigenvalue weighted by Crippen LogP contribution is -2.34. The van der Waals surface area contributed by atoms with E-state index in [-0.39, 0.29) is 5.91 Å². The van der Waals surface area contributed by atoms with Crippen molar-refractivity contribution in [3.63, 3.8) is 0 Å². The first-order valence-electron chi connectivity index (χ1n) is 4.35. The molecule has 1 amide bonds. The van der Waals surface area contributed by atoms with E-state index < -0.39 is 0 Å². The van der Waals surface area contributed by atoms with E-state index in [1.54, 1.807) is 0 Å². The standard InChI is InChI=1S/C8H14N2O/c11-8-4-9-6-10(8)5-7-2-1-3-7/h7,9H,1-6H2. The Hall–Kier alpha value is -0.570. The first-order valence-corrected chi connectivity index (χ1v) is 4.35. The van der Waals surface area contributed by atoms with Crippen LogP contribution in [0.15, 0.2) is 0 Å². The highest BCUT2D eigenvalue weighted by Crippen LogP contribution is 2.27. The molecule has 0 spiro atoms. The lowest BCUT2D eigenvalue weighted by molar-refractivity contribution is -0.127. The van der Waals surface area contributed by atoms with Gasteiger partial charge in [-0.2, -0.15) is 0 Å². The molecule has 1 heterocycles. The van der Waals surface area contributed by atoms with Crippen LogP contribution in [-0.4, -0.2) is 30.6 Å². The molecule has 62 valence electrons. The van der Waals surface area contributed by atoms with Gasteiger partial charge >= 0.3 is 0 Å². The summed E-state index contributed by atoms with van der Waals surface area (Å²) in [6.45, 7) is 2.31. The summed E-state index contributed by atoms with van der Waals surface area (Å²) in [5.74, 6) is 1.08. The van der Waals surface area contributed by atoms with Gasteiger partial charge in [0.15, 0.2) is 0 Å². The first-order chi connectivity index (χ1) is 5.36. The van der Waals surface area contributed by atoms with E-state index in [1.165, 1.54) is 19.3 Å². The molecule has 0 aromatic heterocycles. The predicted octanol–water partition coefficient (Wildman–Crippen LogP) is 0.176. The SMILES string of the molecule is O=C1CNCN1CC1CCC1. The molecule has 0 atom stereocenters. The van der Waals surface area contributed by atoms with Crippen LogP contribution in [0.5, 0.6) is 0 Å². The Morgan fingerprint density at radius 2 is 2.36 bits per heavy atom. The van der Waals surface area contributed by atoms with Gasteiger partial charge in [0, 0.05) is 6.54 Å². The van der Waals surface area contributed by atoms with Crippen molar-refractivity contribution in [3.8, 4) is 0 Å². The molecule has 2 rings (SSSR count). The molecule has 0 aromatic carbocycles. The van der Waals surface area contributed by atoms with Crippen molar-refractivity contribution in [1.29, 1.82) is 0 Å². The molecule has 11 heavy (non-hydrogen) atoms. The van der Waals surface area contributed by atoms with Crippen molar-refractivity contribution < 1.29 is 4.79 Å². The third-order valence-electron chi connectivity index (χ3n) is 2.63. The second-order valence-corrected chi connectivity index (χ2v) is 3.50. The van der Waals surface area contributed by atoms with Gasteiger partial charge < -0.3 is 4.90 Å². The molecule has 1 aliphatic carbocycles. The van der Waals surface area contributed by atoms with Gasteiger partial charge in [0.1, 0.15) is 0 Å². The van der Waals surface area contributed by atoms with Crippen molar-refractivity contribution in [1.82, 2.24) is 10.2 Å². The Bertz CT molecular complexity index is 165. The Balaban J connectivity index is 1.80. The summed E-state index contributed by atoms with van der Waals surface area (Å²) in [6.07, 6.45) is 4.01. The molecule has 2 fully saturated rings. The highest BCUT2D eigenvalue weighted by molar-refractivity contribution is 5.79. The number of rotatable bonds is 2. The number of nitrogens with one attached hydrogen (secondary N) is 1. The maximum atomic E-state index is 11.1. The van der Waals surface area contributed by atoms with Crippen LogP contribution in [0.25, 0.3) is 0 Å². The fourth-order valence-corrected chi connectivity index (χ4v) is 1.65. The zero-order chi connectivity index (χ0) is 7.68. The van der Waals surface area contributed by atoms with Crippen LogP contribution in [0, 0.1) is 5.92 Å². The normalized spacial score (nSPS) is 25.8. The summed E-state index contributed by atoms with van der Waals surface area (Å²) in [4.78, 5) is 13.0. The molecule has 0 radical (unpaired) electrons. The van der Waals surface area contributed by atoms with E-state index in [2.05, 4.69) is 5.32 Å². The summed E-state index contributed by atoms with van der Waals surface area (Å²) in [6, 6.07) is 0. The first kappa shape index (κ1) is 7.10. The van der Waals surface area contributed by atoms with Crippen LogP contribution in [0.2, 0.25) is 0 Å². The van der Waals surface area contributed by atoms with Gasteiger partial charge in [-0.3, -0.25) is 10.1 Å². The highest BCUT2D eigenvalue weighted by Gasteiger charge is 2.25. The number of carbonyl (C=O) groups excluding carboxylic acids is 1. The molecular formula is C8H14N2O. The van der Waals surface area contributed by atoms with Crippen molar-refractivity contribution in [3.05, 3.63) is 0 Å². The van der Waals surface area contributed by atoms with E-state index >= 15 is 0 Å². The molecule has 0 unspecified atom stereocenters. The van der Waals surface area contributed by atoms with Crippen LogP contribution >= 0.6 is 0 Å². The zero-order valence-electron chi connectivity index (χ0n) is 6.68. The van der Waals surface area contributed by atoms with Crippen LogP contribution < -0.4 is 5.32 Å². The van der Waals surface area contributed by atoms with Gasteiger partial charge in [-0.1, -0.05) is 6.42 Å². The molecule has 3 heteroatoms. The number of amides is 1. The van der Waals surface area contributed by atoms with Crippen molar-refractivity contribution in [2.75, 3.05) is 19.8 Å². The molecule has 3 nitrogen and oxygen atoms in total. The Morgan fingerprint density at radius 3 is 2.82 bits per heavy atom. The van der Waals surface area contributed by atoms with Crippen molar-refractivity contribution in [2.24, 2.45) is 5.92 Å². The van der Waals surface area contributed by atoms with Crippen molar-refractivity contribution in [2.45, 2.75) is 19.3 Å². The van der Waals surface area contributed by atoms with Gasteiger partial charge in [-0.05, 0) is 18.8 Å². The predicted molar refractivity (Wildman–Crippen MR) is 41.9 cm³/mol. The quantitative estimate of drug-likeness (QED) is 0.615. The lowest BCUT2D eigenvalue weighted by Gasteiger charge is -2.29. The number of nitrogens with zero attached hydrogens (tertiary/aromatic N) is 1. The van der Waals surface area contributed by atoms with Crippen LogP contribution in [-0.2, 0) is 4.79 Å². The summed E-state index contributed by atoms with van der Waals surface area (Å²) in [5, 5.41) is 3.05. The van der Waals surface area contributed by atoms with Crippen LogP contribution in [0.3, 0.4) is 0 Å². The van der Waals surface area contributed by atoms with Gasteiger partial charge in [-0.25, -0.2) is 0 Å². The zero-order valence-corrected chi connectivity index (χ0v) is 6.68. The fraction of sp³-hybridized carbons (Fsp3) is 0.875. The van der Waals surface area contributed by atoms with E-state index in [1.807, 2.05) is 4.90 Å². The largest absolute Gasteiger partial charge is 0.329 e. The fourth-order valence-electron chi connectivity index (χ4n) is 1.65. The van der Waals surface area contributed by atoms with E-state index in [0.29, 0.717) is 6.54 Å². The van der Waals surface area contributed by atoms with Gasteiger partial charge in [0.25, 0.3) is 0 Å². The number of hydrogen-bond donors (Lipinski definition) is 1. The van der Waals surface area contributed by atoms with Crippen LogP contribution in [0.1, 0.15) is 19.3 Å². The van der Waals surface area contributed by atoms with Crippen LogP contribution in [0.4, 0.5) is 0 Å². The van der Waals surface area contributed by atoms with Gasteiger partial charge in [0.05, 0.1) is 13.2 Å². The lowest BCUT2D eigenvalue weighted by atomic mass is 9.85. The molecule has 1 saturated heterocycles. The molecule has 1 aliphatic heterocycles. The van der Waals surface area contributed by atoms with Crippen molar-refractivity contribution >= 4 is 5.91 Å². The molecule has 1 N–H and O–H groups in total. The average molecular weight is 154 g/mol. The molecule has 1 saturated carbocycles. The minimum atomic E-state index is 0.275. The summed E-state index contributed by atoms with van der Waals surface area (Å²) in [7, 11) is 0. The number of carbonyl (C=O) groups is 1. The third kappa shape index (κ3) is 1.38.